The highest BCUT2D eigenvalue weighted by Gasteiger charge is 2.33. The molecule has 0 saturated carbocycles. The van der Waals surface area contributed by atoms with Gasteiger partial charge in [-0.3, -0.25) is 9.59 Å². The summed E-state index contributed by atoms with van der Waals surface area (Å²) >= 11 is 0. The van der Waals surface area contributed by atoms with E-state index < -0.39 is 10.0 Å². The van der Waals surface area contributed by atoms with Crippen molar-refractivity contribution in [2.45, 2.75) is 32.6 Å². The zero-order chi connectivity index (χ0) is 21.1. The number of quaternary nitrogens is 1. The van der Waals surface area contributed by atoms with Crippen molar-refractivity contribution in [3.05, 3.63) is 28.3 Å². The summed E-state index contributed by atoms with van der Waals surface area (Å²) in [5, 5.41) is 5.02. The fourth-order valence-electron chi connectivity index (χ4n) is 3.47. The van der Waals surface area contributed by atoms with Crippen molar-refractivity contribution in [2.24, 2.45) is 0 Å². The lowest BCUT2D eigenvalue weighted by atomic mass is 10.0. The number of likely N-dealkylation sites (N-methyl/N-ethyl adjacent to an activating group) is 1. The molecule has 2 rings (SSSR count). The maximum atomic E-state index is 13.3. The third kappa shape index (κ3) is 4.89. The molecule has 1 aromatic carbocycles. The molecule has 3 N–H and O–H groups in total. The van der Waals surface area contributed by atoms with Crippen LogP contribution in [0.2, 0.25) is 0 Å². The van der Waals surface area contributed by atoms with Gasteiger partial charge in [0.15, 0.2) is 6.54 Å². The van der Waals surface area contributed by atoms with E-state index in [1.807, 2.05) is 33.8 Å². The molecule has 2 amide bonds. The maximum Gasteiger partial charge on any atom is 0.275 e. The number of carbonyl (C=O) groups excluding carboxylic acids is 2. The Kier molecular flexibility index (Phi) is 7.19. The highest BCUT2D eigenvalue weighted by molar-refractivity contribution is 7.89. The number of nitrogens with zero attached hydrogens (tertiary/aromatic N) is 1. The first kappa shape index (κ1) is 22.3. The Morgan fingerprint density at radius 3 is 2.07 bits per heavy atom. The van der Waals surface area contributed by atoms with Crippen molar-refractivity contribution in [3.8, 4) is 0 Å². The predicted molar refractivity (Wildman–Crippen MR) is 107 cm³/mol. The Hall–Kier alpha value is -1.97. The summed E-state index contributed by atoms with van der Waals surface area (Å²) in [4.78, 5) is 24.6. The van der Waals surface area contributed by atoms with Gasteiger partial charge in [-0.15, -0.1) is 0 Å². The SMILES string of the molecule is CNC(=O)CNC(=O)C[NH+]1CCN(S(=O)(=O)c2c(C)c(C)cc(C)c2C)CC1. The van der Waals surface area contributed by atoms with Crippen molar-refractivity contribution in [3.63, 3.8) is 0 Å². The van der Waals surface area contributed by atoms with E-state index in [2.05, 4.69) is 10.6 Å². The normalized spacial score (nSPS) is 16.0. The molecule has 28 heavy (non-hydrogen) atoms. The molecule has 0 atom stereocenters. The van der Waals surface area contributed by atoms with Crippen LogP contribution in [0.1, 0.15) is 22.3 Å². The minimum absolute atomic E-state index is 0.0472. The van der Waals surface area contributed by atoms with Crippen molar-refractivity contribution >= 4 is 21.8 Å². The molecule has 1 aliphatic rings. The summed E-state index contributed by atoms with van der Waals surface area (Å²) < 4.78 is 28.1. The number of rotatable bonds is 6. The summed E-state index contributed by atoms with van der Waals surface area (Å²) in [5.41, 5.74) is 3.54. The van der Waals surface area contributed by atoms with Crippen molar-refractivity contribution in [2.75, 3.05) is 46.3 Å². The standard InChI is InChI=1S/C19H30N4O4S/c1-13-10-14(2)16(4)19(15(13)3)28(26,27)23-8-6-22(7-9-23)12-18(25)21-11-17(24)20-5/h10H,6-9,11-12H2,1-5H3,(H,20,24)(H,21,25)/p+1. The second kappa shape index (κ2) is 9.02. The highest BCUT2D eigenvalue weighted by Crippen LogP contribution is 2.28. The lowest BCUT2D eigenvalue weighted by Crippen LogP contribution is -3.15. The van der Waals surface area contributed by atoms with Gasteiger partial charge >= 0.3 is 0 Å². The van der Waals surface area contributed by atoms with Crippen molar-refractivity contribution < 1.29 is 22.9 Å². The molecule has 0 radical (unpaired) electrons. The fraction of sp³-hybridized carbons (Fsp3) is 0.579. The topological polar surface area (TPSA) is 100 Å². The molecule has 156 valence electrons. The number of hydrogen-bond donors (Lipinski definition) is 3. The fourth-order valence-corrected chi connectivity index (χ4v) is 5.49. The molecule has 0 bridgehead atoms. The van der Waals surface area contributed by atoms with Gasteiger partial charge in [0, 0.05) is 7.05 Å². The minimum atomic E-state index is -3.58. The van der Waals surface area contributed by atoms with Crippen LogP contribution in [-0.4, -0.2) is 70.9 Å². The van der Waals surface area contributed by atoms with Gasteiger partial charge in [0.2, 0.25) is 15.9 Å². The van der Waals surface area contributed by atoms with Gasteiger partial charge in [-0.1, -0.05) is 6.07 Å². The number of carbonyl (C=O) groups is 2. The molecule has 8 nitrogen and oxygen atoms in total. The summed E-state index contributed by atoms with van der Waals surface area (Å²) in [6.45, 7) is 9.59. The Labute approximate surface area is 167 Å². The molecular weight excluding hydrogens is 380 g/mol. The maximum absolute atomic E-state index is 13.3. The van der Waals surface area contributed by atoms with Gasteiger partial charge in [-0.05, 0) is 49.9 Å². The van der Waals surface area contributed by atoms with Crippen molar-refractivity contribution in [1.29, 1.82) is 0 Å². The lowest BCUT2D eigenvalue weighted by molar-refractivity contribution is -0.895. The number of aryl methyl sites for hydroxylation is 2. The van der Waals surface area contributed by atoms with E-state index in [-0.39, 0.29) is 24.9 Å². The summed E-state index contributed by atoms with van der Waals surface area (Å²) in [7, 11) is -2.07. The van der Waals surface area contributed by atoms with E-state index in [9.17, 15) is 18.0 Å². The van der Waals surface area contributed by atoms with Crippen LogP contribution in [0.25, 0.3) is 0 Å². The van der Waals surface area contributed by atoms with Crippen LogP contribution < -0.4 is 15.5 Å². The third-order valence-electron chi connectivity index (χ3n) is 5.46. The first-order chi connectivity index (χ1) is 13.1. The van der Waals surface area contributed by atoms with Gasteiger partial charge in [0.25, 0.3) is 5.91 Å². The average molecular weight is 412 g/mol. The van der Waals surface area contributed by atoms with Gasteiger partial charge in [-0.25, -0.2) is 8.42 Å². The second-order valence-electron chi connectivity index (χ2n) is 7.37. The Morgan fingerprint density at radius 2 is 1.57 bits per heavy atom. The predicted octanol–water partition coefficient (Wildman–Crippen LogP) is -1.33. The van der Waals surface area contributed by atoms with E-state index >= 15 is 0 Å². The minimum Gasteiger partial charge on any atom is -0.358 e. The molecule has 1 heterocycles. The summed E-state index contributed by atoms with van der Waals surface area (Å²) in [6.07, 6.45) is 0. The van der Waals surface area contributed by atoms with Gasteiger partial charge in [0.05, 0.1) is 37.6 Å². The number of amides is 2. The first-order valence-corrected chi connectivity index (χ1v) is 10.9. The van der Waals surface area contributed by atoms with Gasteiger partial charge < -0.3 is 15.5 Å². The molecular formula is C19H31N4O4S+. The third-order valence-corrected chi connectivity index (χ3v) is 7.63. The average Bonchev–Trinajstić information content (AvgIpc) is 2.65. The molecule has 0 spiro atoms. The van der Waals surface area contributed by atoms with Crippen LogP contribution >= 0.6 is 0 Å². The summed E-state index contributed by atoms with van der Waals surface area (Å²) in [6, 6.07) is 2.02. The molecule has 1 aromatic rings. The van der Waals surface area contributed by atoms with Crippen LogP contribution in [0.15, 0.2) is 11.0 Å². The van der Waals surface area contributed by atoms with E-state index in [1.165, 1.54) is 11.4 Å². The zero-order valence-corrected chi connectivity index (χ0v) is 18.1. The number of piperazine rings is 1. The van der Waals surface area contributed by atoms with Crippen LogP contribution in [0.5, 0.6) is 0 Å². The van der Waals surface area contributed by atoms with Crippen LogP contribution in [0.4, 0.5) is 0 Å². The van der Waals surface area contributed by atoms with Crippen LogP contribution in [0.3, 0.4) is 0 Å². The van der Waals surface area contributed by atoms with E-state index in [0.717, 1.165) is 27.2 Å². The highest BCUT2D eigenvalue weighted by atomic mass is 32.2. The monoisotopic (exact) mass is 411 g/mol. The van der Waals surface area contributed by atoms with E-state index in [4.69, 9.17) is 0 Å². The largest absolute Gasteiger partial charge is 0.358 e. The van der Waals surface area contributed by atoms with Crippen LogP contribution in [-0.2, 0) is 19.6 Å². The number of nitrogens with one attached hydrogen (secondary N) is 3. The number of sulfonamides is 1. The molecule has 1 saturated heterocycles. The zero-order valence-electron chi connectivity index (χ0n) is 17.3. The van der Waals surface area contributed by atoms with Gasteiger partial charge in [-0.2, -0.15) is 4.31 Å². The quantitative estimate of drug-likeness (QED) is 0.540. The van der Waals surface area contributed by atoms with Gasteiger partial charge in [0.1, 0.15) is 0 Å². The molecule has 0 aliphatic carbocycles. The number of hydrogen-bond acceptors (Lipinski definition) is 4. The van der Waals surface area contributed by atoms with Crippen LogP contribution in [0, 0.1) is 27.7 Å². The smallest absolute Gasteiger partial charge is 0.275 e. The molecule has 0 unspecified atom stereocenters. The van der Waals surface area contributed by atoms with Crippen molar-refractivity contribution in [1.82, 2.24) is 14.9 Å². The molecule has 9 heteroatoms. The number of benzene rings is 1. The van der Waals surface area contributed by atoms with E-state index in [1.54, 1.807) is 0 Å². The second-order valence-corrected chi connectivity index (χ2v) is 9.25. The van der Waals surface area contributed by atoms with E-state index in [0.29, 0.717) is 31.1 Å². The first-order valence-electron chi connectivity index (χ1n) is 9.46. The Balaban J connectivity index is 2.03. The lowest BCUT2D eigenvalue weighted by Gasteiger charge is -2.32. The molecule has 0 aromatic heterocycles. The Morgan fingerprint density at radius 1 is 1.04 bits per heavy atom. The molecule has 1 fully saturated rings. The summed E-state index contributed by atoms with van der Waals surface area (Å²) in [5.74, 6) is -0.464. The Bertz CT molecular complexity index is 833. The molecule has 1 aliphatic heterocycles.